The molecule has 0 aliphatic rings. The van der Waals surface area contributed by atoms with E-state index in [-0.39, 0.29) is 37.5 Å². The van der Waals surface area contributed by atoms with Gasteiger partial charge in [0.15, 0.2) is 6.10 Å². The van der Waals surface area contributed by atoms with Gasteiger partial charge >= 0.3 is 17.9 Å². The maximum Gasteiger partial charge on any atom is 0.306 e. The molecule has 0 rings (SSSR count). The normalized spacial score (nSPS) is 13.0. The van der Waals surface area contributed by atoms with Crippen LogP contribution in [0.4, 0.5) is 0 Å². The number of ether oxygens (including phenoxy) is 3. The summed E-state index contributed by atoms with van der Waals surface area (Å²) in [4.78, 5) is 37.8. The minimum absolute atomic E-state index is 0.0957. The molecule has 362 valence electrons. The summed E-state index contributed by atoms with van der Waals surface area (Å²) >= 11 is 0. The lowest BCUT2D eigenvalue weighted by Gasteiger charge is -2.18. The van der Waals surface area contributed by atoms with Crippen LogP contribution in [0.3, 0.4) is 0 Å². The van der Waals surface area contributed by atoms with Crippen LogP contribution in [0.5, 0.6) is 0 Å². The maximum atomic E-state index is 12.7. The Hall–Kier alpha value is -3.93. The summed E-state index contributed by atoms with van der Waals surface area (Å²) in [7, 11) is 0. The monoisotopic (exact) mass is 887 g/mol. The molecular formula is C58H94O6. The van der Waals surface area contributed by atoms with Crippen molar-refractivity contribution in [1.29, 1.82) is 0 Å². The van der Waals surface area contributed by atoms with Crippen molar-refractivity contribution in [2.75, 3.05) is 13.2 Å². The number of carbonyl (C=O) groups is 3. The van der Waals surface area contributed by atoms with Gasteiger partial charge in [0.05, 0.1) is 0 Å². The Balaban J connectivity index is 4.30. The fraction of sp³-hybridized carbons (Fsp3) is 0.638. The van der Waals surface area contributed by atoms with Gasteiger partial charge in [0.25, 0.3) is 0 Å². The SMILES string of the molecule is CC/C=C\C/C=C\C/C=C\C/C=C\C/C=C\C/C=C\CCCCCCCCC(=O)OCC(COC(=O)CCCCCCCCCC)OC(=O)CCCCC/C=C\C/C=C\C/C=C\CC. The zero-order valence-corrected chi connectivity index (χ0v) is 41.3. The molecule has 1 unspecified atom stereocenters. The van der Waals surface area contributed by atoms with E-state index >= 15 is 0 Å². The largest absolute Gasteiger partial charge is 0.462 e. The third-order valence-corrected chi connectivity index (χ3v) is 10.5. The zero-order chi connectivity index (χ0) is 46.5. The molecule has 0 aliphatic heterocycles. The number of hydrogen-bond acceptors (Lipinski definition) is 6. The molecule has 0 aliphatic carbocycles. The molecule has 0 spiro atoms. The Morgan fingerprint density at radius 3 is 0.969 bits per heavy atom. The van der Waals surface area contributed by atoms with Crippen molar-refractivity contribution < 1.29 is 28.6 Å². The highest BCUT2D eigenvalue weighted by molar-refractivity contribution is 5.71. The van der Waals surface area contributed by atoms with E-state index in [9.17, 15) is 14.4 Å². The van der Waals surface area contributed by atoms with Crippen LogP contribution < -0.4 is 0 Å². The fourth-order valence-electron chi connectivity index (χ4n) is 6.69. The Morgan fingerprint density at radius 1 is 0.328 bits per heavy atom. The minimum atomic E-state index is -0.798. The van der Waals surface area contributed by atoms with E-state index in [1.165, 1.54) is 44.9 Å². The molecule has 0 fully saturated rings. The average Bonchev–Trinajstić information content (AvgIpc) is 3.29. The summed E-state index contributed by atoms with van der Waals surface area (Å²) in [5.74, 6) is -0.952. The Kier molecular flexibility index (Phi) is 48.5. The van der Waals surface area contributed by atoms with E-state index in [1.54, 1.807) is 0 Å². The average molecular weight is 887 g/mol. The van der Waals surface area contributed by atoms with Crippen molar-refractivity contribution in [2.45, 2.75) is 226 Å². The van der Waals surface area contributed by atoms with Crippen LogP contribution in [0, 0.1) is 0 Å². The number of allylic oxidation sites excluding steroid dienone is 18. The summed E-state index contributed by atoms with van der Waals surface area (Å²) in [5.41, 5.74) is 0. The molecule has 6 nitrogen and oxygen atoms in total. The predicted octanol–water partition coefficient (Wildman–Crippen LogP) is 17.1. The van der Waals surface area contributed by atoms with E-state index in [0.717, 1.165) is 135 Å². The summed E-state index contributed by atoms with van der Waals surface area (Å²) in [6.45, 7) is 6.32. The van der Waals surface area contributed by atoms with E-state index in [2.05, 4.69) is 130 Å². The van der Waals surface area contributed by atoms with Gasteiger partial charge in [-0.3, -0.25) is 14.4 Å². The Bertz CT molecular complexity index is 1340. The van der Waals surface area contributed by atoms with Crippen LogP contribution in [-0.2, 0) is 28.6 Å². The number of unbranched alkanes of at least 4 members (excludes halogenated alkanes) is 16. The third-order valence-electron chi connectivity index (χ3n) is 10.5. The van der Waals surface area contributed by atoms with E-state index in [4.69, 9.17) is 14.2 Å². The minimum Gasteiger partial charge on any atom is -0.462 e. The Labute approximate surface area is 393 Å². The molecule has 6 heteroatoms. The van der Waals surface area contributed by atoms with Gasteiger partial charge in [0.1, 0.15) is 13.2 Å². The van der Waals surface area contributed by atoms with Gasteiger partial charge in [-0.25, -0.2) is 0 Å². The summed E-state index contributed by atoms with van der Waals surface area (Å²) in [5, 5.41) is 0. The van der Waals surface area contributed by atoms with Gasteiger partial charge in [-0.1, -0.05) is 207 Å². The topological polar surface area (TPSA) is 78.9 Å². The third kappa shape index (κ3) is 49.1. The van der Waals surface area contributed by atoms with Gasteiger partial charge in [0.2, 0.25) is 0 Å². The van der Waals surface area contributed by atoms with Gasteiger partial charge in [0, 0.05) is 19.3 Å². The molecule has 1 atom stereocenters. The van der Waals surface area contributed by atoms with Gasteiger partial charge in [-0.05, 0) is 103 Å². The van der Waals surface area contributed by atoms with E-state index in [0.29, 0.717) is 12.8 Å². The van der Waals surface area contributed by atoms with Crippen molar-refractivity contribution in [3.05, 3.63) is 109 Å². The predicted molar refractivity (Wildman–Crippen MR) is 274 cm³/mol. The smallest absolute Gasteiger partial charge is 0.306 e. The Morgan fingerprint density at radius 2 is 0.609 bits per heavy atom. The quantitative estimate of drug-likeness (QED) is 0.0262. The van der Waals surface area contributed by atoms with E-state index in [1.807, 2.05) is 0 Å². The zero-order valence-electron chi connectivity index (χ0n) is 41.3. The lowest BCUT2D eigenvalue weighted by Crippen LogP contribution is -2.30. The van der Waals surface area contributed by atoms with Crippen LogP contribution >= 0.6 is 0 Å². The molecule has 0 heterocycles. The van der Waals surface area contributed by atoms with Crippen molar-refractivity contribution in [1.82, 2.24) is 0 Å². The molecule has 0 aromatic carbocycles. The number of hydrogen-bond donors (Lipinski definition) is 0. The first-order chi connectivity index (χ1) is 31.5. The summed E-state index contributed by atoms with van der Waals surface area (Å²) in [6, 6.07) is 0. The number of carbonyl (C=O) groups excluding carboxylic acids is 3. The second kappa shape index (κ2) is 51.7. The highest BCUT2D eigenvalue weighted by Crippen LogP contribution is 2.13. The molecule has 0 bridgehead atoms. The molecule has 0 amide bonds. The molecule has 0 radical (unpaired) electrons. The lowest BCUT2D eigenvalue weighted by atomic mass is 10.1. The van der Waals surface area contributed by atoms with Crippen LogP contribution in [-0.4, -0.2) is 37.2 Å². The molecule has 0 saturated heterocycles. The molecule has 0 aromatic heterocycles. The van der Waals surface area contributed by atoms with Crippen LogP contribution in [0.2, 0.25) is 0 Å². The number of rotatable bonds is 45. The van der Waals surface area contributed by atoms with Gasteiger partial charge in [-0.2, -0.15) is 0 Å². The molecule has 0 aromatic rings. The van der Waals surface area contributed by atoms with Crippen molar-refractivity contribution in [2.24, 2.45) is 0 Å². The van der Waals surface area contributed by atoms with Crippen LogP contribution in [0.1, 0.15) is 220 Å². The lowest BCUT2D eigenvalue weighted by molar-refractivity contribution is -0.167. The highest BCUT2D eigenvalue weighted by Gasteiger charge is 2.19. The molecule has 64 heavy (non-hydrogen) atoms. The van der Waals surface area contributed by atoms with E-state index < -0.39 is 6.10 Å². The van der Waals surface area contributed by atoms with Crippen molar-refractivity contribution in [3.63, 3.8) is 0 Å². The van der Waals surface area contributed by atoms with Crippen LogP contribution in [0.15, 0.2) is 109 Å². The molecule has 0 N–H and O–H groups in total. The summed E-state index contributed by atoms with van der Waals surface area (Å²) < 4.78 is 16.7. The van der Waals surface area contributed by atoms with Crippen molar-refractivity contribution in [3.8, 4) is 0 Å². The van der Waals surface area contributed by atoms with Crippen LogP contribution in [0.25, 0.3) is 0 Å². The number of esters is 3. The standard InChI is InChI=1S/C58H94O6/c1-4-7-10-13-16-19-21-23-24-25-26-27-28-29-30-31-32-33-34-36-37-39-42-45-48-51-57(60)63-54-55(53-62-56(59)50-47-44-41-18-15-12-9-6-3)64-58(61)52-49-46-43-40-38-35-22-20-17-14-11-8-5-2/h7-8,10-11,16-17,19-20,23-24,26-27,29-30,32-33,35,38,55H,4-6,9,12-15,18,21-22,25,28,31,34,36-37,39-54H2,1-3H3/b10-7-,11-8-,19-16-,20-17-,24-23-,27-26-,30-29-,33-32-,38-35-. The fourth-order valence-corrected chi connectivity index (χ4v) is 6.69. The highest BCUT2D eigenvalue weighted by atomic mass is 16.6. The maximum absolute atomic E-state index is 12.7. The second-order valence-corrected chi connectivity index (χ2v) is 16.7. The first kappa shape index (κ1) is 60.1. The molecular weight excluding hydrogens is 793 g/mol. The van der Waals surface area contributed by atoms with Crippen molar-refractivity contribution >= 4 is 17.9 Å². The van der Waals surface area contributed by atoms with Gasteiger partial charge in [-0.15, -0.1) is 0 Å². The molecule has 0 saturated carbocycles. The van der Waals surface area contributed by atoms with Gasteiger partial charge < -0.3 is 14.2 Å². The first-order valence-corrected chi connectivity index (χ1v) is 25.9. The first-order valence-electron chi connectivity index (χ1n) is 25.9. The summed E-state index contributed by atoms with van der Waals surface area (Å²) in [6.07, 6.45) is 69.4. The second-order valence-electron chi connectivity index (χ2n) is 16.7.